The minimum Gasteiger partial charge on any atom is -0.456 e. The van der Waals surface area contributed by atoms with E-state index < -0.39 is 0 Å². The highest BCUT2D eigenvalue weighted by molar-refractivity contribution is 6.19. The maximum absolute atomic E-state index is 6.14. The highest BCUT2D eigenvalue weighted by atomic mass is 16.3. The van der Waals surface area contributed by atoms with Gasteiger partial charge in [-0.2, -0.15) is 0 Å². The molecule has 24 heavy (non-hydrogen) atoms. The monoisotopic (exact) mass is 308 g/mol. The Bertz CT molecular complexity index is 1170. The van der Waals surface area contributed by atoms with Crippen LogP contribution in [0.2, 0.25) is 0 Å². The van der Waals surface area contributed by atoms with E-state index in [-0.39, 0.29) is 0 Å². The van der Waals surface area contributed by atoms with Gasteiger partial charge in [0.1, 0.15) is 11.2 Å². The first-order valence-corrected chi connectivity index (χ1v) is 8.26. The van der Waals surface area contributed by atoms with Crippen LogP contribution in [0.1, 0.15) is 11.1 Å². The van der Waals surface area contributed by atoms with E-state index in [1.807, 2.05) is 12.1 Å². The summed E-state index contributed by atoms with van der Waals surface area (Å²) in [6.45, 7) is 0. The Morgan fingerprint density at radius 2 is 1.25 bits per heavy atom. The normalized spacial score (nSPS) is 11.5. The number of benzene rings is 4. The van der Waals surface area contributed by atoms with Gasteiger partial charge in [-0.05, 0) is 40.5 Å². The van der Waals surface area contributed by atoms with E-state index in [1.54, 1.807) is 0 Å². The van der Waals surface area contributed by atoms with Crippen molar-refractivity contribution in [3.63, 3.8) is 0 Å². The second kappa shape index (κ2) is 5.24. The molecule has 0 atom stereocenters. The highest BCUT2D eigenvalue weighted by Gasteiger charge is 2.13. The molecule has 0 saturated carbocycles. The Kier molecular flexibility index (Phi) is 2.92. The van der Waals surface area contributed by atoms with Crippen LogP contribution in [0, 0.1) is 0 Å². The molecular formula is C23H16O. The molecule has 0 N–H and O–H groups in total. The van der Waals surface area contributed by atoms with Gasteiger partial charge in [0.05, 0.1) is 0 Å². The second-order valence-electron chi connectivity index (χ2n) is 6.22. The van der Waals surface area contributed by atoms with E-state index in [2.05, 4.69) is 72.8 Å². The third-order valence-electron chi connectivity index (χ3n) is 4.71. The molecule has 0 unspecified atom stereocenters. The molecule has 5 rings (SSSR count). The molecule has 1 heteroatoms. The van der Waals surface area contributed by atoms with Gasteiger partial charge in [-0.25, -0.2) is 0 Å². The minimum atomic E-state index is 0.911. The van der Waals surface area contributed by atoms with Gasteiger partial charge in [0.2, 0.25) is 0 Å². The largest absolute Gasteiger partial charge is 0.456 e. The molecule has 114 valence electrons. The maximum atomic E-state index is 6.14. The van der Waals surface area contributed by atoms with Gasteiger partial charge in [0.15, 0.2) is 0 Å². The summed E-state index contributed by atoms with van der Waals surface area (Å²) in [6, 6.07) is 29.7. The van der Waals surface area contributed by atoms with Crippen molar-refractivity contribution in [1.82, 2.24) is 0 Å². The van der Waals surface area contributed by atoms with E-state index >= 15 is 0 Å². The van der Waals surface area contributed by atoms with Crippen molar-refractivity contribution in [2.75, 3.05) is 0 Å². The zero-order valence-electron chi connectivity index (χ0n) is 13.2. The van der Waals surface area contributed by atoms with Gasteiger partial charge in [0, 0.05) is 10.8 Å². The third kappa shape index (κ3) is 2.02. The van der Waals surface area contributed by atoms with Crippen LogP contribution < -0.4 is 0 Å². The van der Waals surface area contributed by atoms with Crippen LogP contribution in [0.3, 0.4) is 0 Å². The number of rotatable bonds is 2. The molecular weight excluding hydrogens is 292 g/mol. The molecule has 1 aromatic heterocycles. The van der Waals surface area contributed by atoms with Gasteiger partial charge in [-0.1, -0.05) is 72.8 Å². The van der Waals surface area contributed by atoms with Gasteiger partial charge in [0.25, 0.3) is 0 Å². The smallest absolute Gasteiger partial charge is 0.136 e. The van der Waals surface area contributed by atoms with E-state index in [4.69, 9.17) is 4.42 Å². The van der Waals surface area contributed by atoms with Crippen LogP contribution in [0.5, 0.6) is 0 Å². The first-order valence-electron chi connectivity index (χ1n) is 8.26. The Morgan fingerprint density at radius 3 is 2.08 bits per heavy atom. The van der Waals surface area contributed by atoms with Crippen LogP contribution in [-0.2, 0) is 6.42 Å². The zero-order chi connectivity index (χ0) is 15.9. The quantitative estimate of drug-likeness (QED) is 0.371. The topological polar surface area (TPSA) is 13.1 Å². The van der Waals surface area contributed by atoms with Gasteiger partial charge < -0.3 is 4.42 Å². The highest BCUT2D eigenvalue weighted by Crippen LogP contribution is 2.36. The van der Waals surface area contributed by atoms with Crippen molar-refractivity contribution in [3.05, 3.63) is 96.1 Å². The summed E-state index contributed by atoms with van der Waals surface area (Å²) < 4.78 is 6.14. The lowest BCUT2D eigenvalue weighted by atomic mass is 9.95. The number of fused-ring (bicyclic) bond motifs is 5. The molecule has 0 radical (unpaired) electrons. The van der Waals surface area contributed by atoms with Gasteiger partial charge >= 0.3 is 0 Å². The average molecular weight is 308 g/mol. The zero-order valence-corrected chi connectivity index (χ0v) is 13.2. The molecule has 1 heterocycles. The van der Waals surface area contributed by atoms with Crippen molar-refractivity contribution < 1.29 is 4.42 Å². The Labute approximate surface area is 140 Å². The third-order valence-corrected chi connectivity index (χ3v) is 4.71. The van der Waals surface area contributed by atoms with E-state index in [0.717, 1.165) is 17.6 Å². The first kappa shape index (κ1) is 13.4. The van der Waals surface area contributed by atoms with Crippen molar-refractivity contribution in [2.24, 2.45) is 0 Å². The number of hydrogen-bond acceptors (Lipinski definition) is 1. The SMILES string of the molecule is c1ccc(Cc2cc3oc4ccccc4c3c3ccccc23)cc1. The second-order valence-corrected chi connectivity index (χ2v) is 6.22. The van der Waals surface area contributed by atoms with Gasteiger partial charge in [-0.15, -0.1) is 0 Å². The van der Waals surface area contributed by atoms with Crippen molar-refractivity contribution in [2.45, 2.75) is 6.42 Å². The summed E-state index contributed by atoms with van der Waals surface area (Å²) in [4.78, 5) is 0. The molecule has 5 aromatic rings. The fraction of sp³-hybridized carbons (Fsp3) is 0.0435. The Balaban J connectivity index is 1.85. The Morgan fingerprint density at radius 1 is 0.583 bits per heavy atom. The van der Waals surface area contributed by atoms with Crippen LogP contribution in [0.25, 0.3) is 32.7 Å². The molecule has 4 aromatic carbocycles. The maximum Gasteiger partial charge on any atom is 0.136 e. The molecule has 0 aliphatic carbocycles. The molecule has 1 nitrogen and oxygen atoms in total. The lowest BCUT2D eigenvalue weighted by molar-refractivity contribution is 0.668. The molecule has 0 spiro atoms. The van der Waals surface area contributed by atoms with Gasteiger partial charge in [-0.3, -0.25) is 0 Å². The predicted molar refractivity (Wildman–Crippen MR) is 100 cm³/mol. The predicted octanol–water partition coefficient (Wildman–Crippen LogP) is 6.33. The van der Waals surface area contributed by atoms with E-state index in [0.29, 0.717) is 0 Å². The molecule has 0 saturated heterocycles. The molecule has 0 fully saturated rings. The summed E-state index contributed by atoms with van der Waals surface area (Å²) in [5.74, 6) is 0. The summed E-state index contributed by atoms with van der Waals surface area (Å²) in [7, 11) is 0. The first-order chi connectivity index (χ1) is 11.9. The number of furan rings is 1. The fourth-order valence-electron chi connectivity index (χ4n) is 3.62. The van der Waals surface area contributed by atoms with E-state index in [1.165, 1.54) is 32.7 Å². The van der Waals surface area contributed by atoms with Crippen molar-refractivity contribution in [1.29, 1.82) is 0 Å². The average Bonchev–Trinajstić information content (AvgIpc) is 3.01. The fourth-order valence-corrected chi connectivity index (χ4v) is 3.62. The molecule has 0 bridgehead atoms. The van der Waals surface area contributed by atoms with Crippen molar-refractivity contribution in [3.8, 4) is 0 Å². The standard InChI is InChI=1S/C23H16O/c1-2-8-16(9-3-1)14-17-15-22-23(19-11-5-4-10-18(17)19)20-12-6-7-13-21(20)24-22/h1-13,15H,14H2. The summed E-state index contributed by atoms with van der Waals surface area (Å²) in [5.41, 5.74) is 4.55. The van der Waals surface area contributed by atoms with Crippen LogP contribution in [-0.4, -0.2) is 0 Å². The summed E-state index contributed by atoms with van der Waals surface area (Å²) in [6.07, 6.45) is 0.911. The Hall–Kier alpha value is -3.06. The van der Waals surface area contributed by atoms with Crippen LogP contribution in [0.4, 0.5) is 0 Å². The van der Waals surface area contributed by atoms with E-state index in [9.17, 15) is 0 Å². The summed E-state index contributed by atoms with van der Waals surface area (Å²) >= 11 is 0. The molecule has 0 aliphatic heterocycles. The van der Waals surface area contributed by atoms with Crippen LogP contribution in [0.15, 0.2) is 89.3 Å². The van der Waals surface area contributed by atoms with Crippen LogP contribution >= 0.6 is 0 Å². The number of hydrogen-bond donors (Lipinski definition) is 0. The molecule has 0 aliphatic rings. The lowest BCUT2D eigenvalue weighted by Gasteiger charge is -2.08. The summed E-state index contributed by atoms with van der Waals surface area (Å²) in [5, 5.41) is 4.99. The molecule has 0 amide bonds. The number of para-hydroxylation sites is 1. The van der Waals surface area contributed by atoms with Crippen molar-refractivity contribution >= 4 is 32.7 Å². The lowest BCUT2D eigenvalue weighted by Crippen LogP contribution is -1.90. The minimum absolute atomic E-state index is 0.911.